The molecule has 1 fully saturated rings. The summed E-state index contributed by atoms with van der Waals surface area (Å²) in [6.45, 7) is 2.80. The number of ether oxygens (including phenoxy) is 2. The number of rotatable bonds is 4. The molecule has 2 rings (SSSR count). The Morgan fingerprint density at radius 2 is 2.47 bits per heavy atom. The van der Waals surface area contributed by atoms with Gasteiger partial charge in [0.2, 0.25) is 0 Å². The highest BCUT2D eigenvalue weighted by atomic mass is 16.5. The SMILES string of the molecule is COC(=O)c1cc(N)cnc1NC(C)C1CCCO1. The number of nitrogen functional groups attached to an aromatic ring is 1. The molecule has 1 aliphatic heterocycles. The monoisotopic (exact) mass is 265 g/mol. The fourth-order valence-electron chi connectivity index (χ4n) is 2.17. The lowest BCUT2D eigenvalue weighted by molar-refractivity contribution is 0.0601. The summed E-state index contributed by atoms with van der Waals surface area (Å²) in [6.07, 6.45) is 3.73. The first kappa shape index (κ1) is 13.6. The number of esters is 1. The lowest BCUT2D eigenvalue weighted by Gasteiger charge is -2.21. The summed E-state index contributed by atoms with van der Waals surface area (Å²) in [5.74, 6) is 0.0193. The van der Waals surface area contributed by atoms with Crippen molar-refractivity contribution >= 4 is 17.5 Å². The largest absolute Gasteiger partial charge is 0.465 e. The molecule has 0 spiro atoms. The molecular weight excluding hydrogens is 246 g/mol. The molecule has 1 aliphatic rings. The van der Waals surface area contributed by atoms with E-state index in [0.717, 1.165) is 19.4 Å². The van der Waals surface area contributed by atoms with E-state index in [-0.39, 0.29) is 12.1 Å². The van der Waals surface area contributed by atoms with E-state index in [2.05, 4.69) is 10.3 Å². The van der Waals surface area contributed by atoms with Gasteiger partial charge in [0.15, 0.2) is 0 Å². The topological polar surface area (TPSA) is 86.5 Å². The molecular formula is C13H19N3O3. The second-order valence-corrected chi connectivity index (χ2v) is 4.64. The van der Waals surface area contributed by atoms with Crippen molar-refractivity contribution in [2.75, 3.05) is 24.8 Å². The van der Waals surface area contributed by atoms with Gasteiger partial charge in [0.05, 0.1) is 31.1 Å². The minimum atomic E-state index is -0.457. The Hall–Kier alpha value is -1.82. The Morgan fingerprint density at radius 3 is 3.11 bits per heavy atom. The van der Waals surface area contributed by atoms with E-state index in [9.17, 15) is 4.79 Å². The molecule has 3 N–H and O–H groups in total. The van der Waals surface area contributed by atoms with Crippen molar-refractivity contribution in [3.05, 3.63) is 17.8 Å². The van der Waals surface area contributed by atoms with Crippen LogP contribution in [0.2, 0.25) is 0 Å². The first-order valence-corrected chi connectivity index (χ1v) is 6.33. The Kier molecular flexibility index (Phi) is 4.21. The van der Waals surface area contributed by atoms with Crippen molar-refractivity contribution in [3.63, 3.8) is 0 Å². The molecule has 0 bridgehead atoms. The van der Waals surface area contributed by atoms with Gasteiger partial charge in [-0.1, -0.05) is 0 Å². The van der Waals surface area contributed by atoms with Crippen LogP contribution in [0.15, 0.2) is 12.3 Å². The Bertz CT molecular complexity index is 458. The van der Waals surface area contributed by atoms with Crippen LogP contribution in [0.4, 0.5) is 11.5 Å². The van der Waals surface area contributed by atoms with Crippen LogP contribution in [-0.2, 0) is 9.47 Å². The zero-order valence-corrected chi connectivity index (χ0v) is 11.2. The van der Waals surface area contributed by atoms with E-state index in [1.807, 2.05) is 6.92 Å². The smallest absolute Gasteiger partial charge is 0.341 e. The zero-order valence-electron chi connectivity index (χ0n) is 11.2. The number of nitrogens with two attached hydrogens (primary N) is 1. The molecule has 2 heterocycles. The number of hydrogen-bond donors (Lipinski definition) is 2. The number of hydrogen-bond acceptors (Lipinski definition) is 6. The van der Waals surface area contributed by atoms with Gasteiger partial charge in [-0.25, -0.2) is 9.78 Å². The number of nitrogens with zero attached hydrogens (tertiary/aromatic N) is 1. The summed E-state index contributed by atoms with van der Waals surface area (Å²) in [4.78, 5) is 15.9. The third kappa shape index (κ3) is 3.14. The second kappa shape index (κ2) is 5.88. The maximum atomic E-state index is 11.7. The van der Waals surface area contributed by atoms with Gasteiger partial charge in [-0.2, -0.15) is 0 Å². The first-order valence-electron chi connectivity index (χ1n) is 6.33. The van der Waals surface area contributed by atoms with E-state index >= 15 is 0 Å². The standard InChI is InChI=1S/C13H19N3O3/c1-8(11-4-3-5-19-11)16-12-10(13(17)18-2)6-9(14)7-15-12/h6-8,11H,3-5,14H2,1-2H3,(H,15,16). The summed E-state index contributed by atoms with van der Waals surface area (Å²) >= 11 is 0. The van der Waals surface area contributed by atoms with E-state index < -0.39 is 5.97 Å². The van der Waals surface area contributed by atoms with Gasteiger partial charge in [0.25, 0.3) is 0 Å². The summed E-state index contributed by atoms with van der Waals surface area (Å²) < 4.78 is 10.3. The van der Waals surface area contributed by atoms with Gasteiger partial charge >= 0.3 is 5.97 Å². The average Bonchev–Trinajstić information content (AvgIpc) is 2.94. The minimum absolute atomic E-state index is 0.0713. The number of nitrogens with one attached hydrogen (secondary N) is 1. The molecule has 19 heavy (non-hydrogen) atoms. The fourth-order valence-corrected chi connectivity index (χ4v) is 2.17. The zero-order chi connectivity index (χ0) is 13.8. The van der Waals surface area contributed by atoms with Crippen LogP contribution in [0.3, 0.4) is 0 Å². The van der Waals surface area contributed by atoms with Crippen molar-refractivity contribution in [3.8, 4) is 0 Å². The number of aromatic nitrogens is 1. The van der Waals surface area contributed by atoms with Crippen LogP contribution in [0.5, 0.6) is 0 Å². The molecule has 1 aromatic rings. The Labute approximate surface area is 112 Å². The van der Waals surface area contributed by atoms with E-state index in [0.29, 0.717) is 17.1 Å². The predicted molar refractivity (Wildman–Crippen MR) is 72.0 cm³/mol. The third-order valence-corrected chi connectivity index (χ3v) is 3.20. The summed E-state index contributed by atoms with van der Waals surface area (Å²) in [7, 11) is 1.33. The quantitative estimate of drug-likeness (QED) is 0.801. The van der Waals surface area contributed by atoms with Gasteiger partial charge in [-0.05, 0) is 25.8 Å². The fraction of sp³-hybridized carbons (Fsp3) is 0.538. The van der Waals surface area contributed by atoms with Gasteiger partial charge in [0, 0.05) is 6.61 Å². The average molecular weight is 265 g/mol. The molecule has 2 unspecified atom stereocenters. The summed E-state index contributed by atoms with van der Waals surface area (Å²) in [6, 6.07) is 1.63. The maximum absolute atomic E-state index is 11.7. The molecule has 0 amide bonds. The highest BCUT2D eigenvalue weighted by Gasteiger charge is 2.24. The maximum Gasteiger partial charge on any atom is 0.341 e. The molecule has 0 radical (unpaired) electrons. The molecule has 6 nitrogen and oxygen atoms in total. The predicted octanol–water partition coefficient (Wildman–Crippen LogP) is 1.43. The van der Waals surface area contributed by atoms with E-state index in [1.54, 1.807) is 6.07 Å². The van der Waals surface area contributed by atoms with E-state index in [4.69, 9.17) is 15.2 Å². The first-order chi connectivity index (χ1) is 9.11. The molecule has 0 aliphatic carbocycles. The van der Waals surface area contributed by atoms with Crippen molar-refractivity contribution in [2.45, 2.75) is 31.9 Å². The lowest BCUT2D eigenvalue weighted by Crippen LogP contribution is -2.31. The molecule has 0 aromatic carbocycles. The number of anilines is 2. The van der Waals surface area contributed by atoms with Crippen molar-refractivity contribution in [1.29, 1.82) is 0 Å². The van der Waals surface area contributed by atoms with Crippen molar-refractivity contribution in [1.82, 2.24) is 4.98 Å². The lowest BCUT2D eigenvalue weighted by atomic mass is 10.1. The van der Waals surface area contributed by atoms with Gasteiger partial charge in [0.1, 0.15) is 11.4 Å². The molecule has 104 valence electrons. The molecule has 1 saturated heterocycles. The van der Waals surface area contributed by atoms with Crippen LogP contribution in [0, 0.1) is 0 Å². The van der Waals surface area contributed by atoms with Gasteiger partial charge < -0.3 is 20.5 Å². The van der Waals surface area contributed by atoms with Crippen LogP contribution in [-0.4, -0.2) is 36.8 Å². The third-order valence-electron chi connectivity index (χ3n) is 3.20. The summed E-state index contributed by atoms with van der Waals surface area (Å²) in [5.41, 5.74) is 6.42. The Balaban J connectivity index is 2.16. The summed E-state index contributed by atoms with van der Waals surface area (Å²) in [5, 5.41) is 3.20. The normalized spacial score (nSPS) is 20.0. The minimum Gasteiger partial charge on any atom is -0.465 e. The van der Waals surface area contributed by atoms with Crippen LogP contribution in [0.25, 0.3) is 0 Å². The molecule has 2 atom stereocenters. The van der Waals surface area contributed by atoms with Crippen LogP contribution < -0.4 is 11.1 Å². The molecule has 6 heteroatoms. The number of methoxy groups -OCH3 is 1. The number of pyridine rings is 1. The second-order valence-electron chi connectivity index (χ2n) is 4.64. The highest BCUT2D eigenvalue weighted by Crippen LogP contribution is 2.21. The van der Waals surface area contributed by atoms with Crippen molar-refractivity contribution in [2.24, 2.45) is 0 Å². The highest BCUT2D eigenvalue weighted by molar-refractivity contribution is 5.95. The number of carbonyl (C=O) groups is 1. The van der Waals surface area contributed by atoms with E-state index in [1.165, 1.54) is 13.3 Å². The van der Waals surface area contributed by atoms with Gasteiger partial charge in [-0.3, -0.25) is 0 Å². The Morgan fingerprint density at radius 1 is 1.68 bits per heavy atom. The van der Waals surface area contributed by atoms with Crippen molar-refractivity contribution < 1.29 is 14.3 Å². The molecule has 1 aromatic heterocycles. The van der Waals surface area contributed by atoms with Crippen LogP contribution in [0.1, 0.15) is 30.1 Å². The van der Waals surface area contributed by atoms with Gasteiger partial charge in [-0.15, -0.1) is 0 Å². The van der Waals surface area contributed by atoms with Crippen LogP contribution >= 0.6 is 0 Å². The molecule has 0 saturated carbocycles. The number of carbonyl (C=O) groups excluding carboxylic acids is 1.